The van der Waals surface area contributed by atoms with Crippen LogP contribution < -0.4 is 4.90 Å². The average Bonchev–Trinajstić information content (AvgIpc) is 3.48. The lowest BCUT2D eigenvalue weighted by Crippen LogP contribution is -2.45. The van der Waals surface area contributed by atoms with Crippen molar-refractivity contribution in [3.8, 4) is 11.3 Å². The number of rotatable bonds is 6. The summed E-state index contributed by atoms with van der Waals surface area (Å²) in [6.45, 7) is 2.51. The third-order valence-electron chi connectivity index (χ3n) is 6.70. The molecule has 0 aliphatic carbocycles. The largest absolute Gasteiger partial charge is 0.391 e. The fourth-order valence-corrected chi connectivity index (χ4v) is 6.43. The average molecular weight is 530 g/mol. The molecule has 4 heterocycles. The number of fused-ring (bicyclic) bond motifs is 1. The number of hydrogen-bond acceptors (Lipinski definition) is 7. The van der Waals surface area contributed by atoms with E-state index in [1.54, 1.807) is 12.1 Å². The first-order chi connectivity index (χ1) is 17.2. The standard InChI is InChI=1S/C25H28FN5O3S2/c1-4-20-24(29(2)25-28-21(15-35-25)16-5-8-18(26)9-6-16)31-13-17(7-10-23(31)27-20)19-11-12-30(14-22(19)32)36(3,33)34/h5-10,13,15,19,22,32H,4,11-12,14H2,1-3H3. The van der Waals surface area contributed by atoms with Crippen LogP contribution in [0.25, 0.3) is 16.9 Å². The Kier molecular flexibility index (Phi) is 6.58. The number of halogens is 1. The normalized spacial score (nSPS) is 19.1. The number of aromatic nitrogens is 3. The van der Waals surface area contributed by atoms with Crippen LogP contribution in [0.4, 0.5) is 15.3 Å². The smallest absolute Gasteiger partial charge is 0.211 e. The quantitative estimate of drug-likeness (QED) is 0.406. The molecule has 1 saturated heterocycles. The number of hydrogen-bond donors (Lipinski definition) is 1. The highest BCUT2D eigenvalue weighted by molar-refractivity contribution is 7.88. The van der Waals surface area contributed by atoms with Crippen molar-refractivity contribution >= 4 is 38.0 Å². The van der Waals surface area contributed by atoms with Crippen LogP contribution in [-0.4, -0.2) is 64.7 Å². The Morgan fingerprint density at radius 1 is 1.19 bits per heavy atom. The maximum atomic E-state index is 13.3. The summed E-state index contributed by atoms with van der Waals surface area (Å²) in [6, 6.07) is 10.2. The Labute approximate surface area is 213 Å². The van der Waals surface area contributed by atoms with Gasteiger partial charge in [-0.25, -0.2) is 22.8 Å². The Morgan fingerprint density at radius 2 is 1.94 bits per heavy atom. The molecule has 190 valence electrons. The first-order valence-corrected chi connectivity index (χ1v) is 14.5. The lowest BCUT2D eigenvalue weighted by molar-refractivity contribution is 0.0856. The molecule has 0 bridgehead atoms. The number of pyridine rings is 1. The Morgan fingerprint density at radius 3 is 2.61 bits per heavy atom. The van der Waals surface area contributed by atoms with Gasteiger partial charge in [-0.1, -0.05) is 13.0 Å². The first-order valence-electron chi connectivity index (χ1n) is 11.7. The van der Waals surface area contributed by atoms with Crippen molar-refractivity contribution in [1.29, 1.82) is 0 Å². The van der Waals surface area contributed by atoms with Crippen LogP contribution in [-0.2, 0) is 16.4 Å². The third kappa shape index (κ3) is 4.63. The Hall–Kier alpha value is -2.86. The van der Waals surface area contributed by atoms with E-state index in [0.29, 0.717) is 13.0 Å². The topological polar surface area (TPSA) is 91.0 Å². The minimum Gasteiger partial charge on any atom is -0.391 e. The number of nitrogens with zero attached hydrogens (tertiary/aromatic N) is 5. The molecule has 1 fully saturated rings. The molecule has 36 heavy (non-hydrogen) atoms. The van der Waals surface area contributed by atoms with Gasteiger partial charge in [-0.15, -0.1) is 11.3 Å². The molecule has 0 amide bonds. The predicted molar refractivity (Wildman–Crippen MR) is 140 cm³/mol. The number of aliphatic hydroxyl groups is 1. The van der Waals surface area contributed by atoms with Crippen LogP contribution in [0.2, 0.25) is 0 Å². The van der Waals surface area contributed by atoms with Crippen molar-refractivity contribution in [2.45, 2.75) is 31.8 Å². The highest BCUT2D eigenvalue weighted by Gasteiger charge is 2.33. The molecule has 1 aromatic carbocycles. The molecule has 8 nitrogen and oxygen atoms in total. The summed E-state index contributed by atoms with van der Waals surface area (Å²) in [4.78, 5) is 11.6. The SMILES string of the molecule is CCc1nc2ccc(C3CCN(S(C)(=O)=O)CC3O)cn2c1N(C)c1nc(-c2ccc(F)cc2)cs1. The van der Waals surface area contributed by atoms with Crippen LogP contribution in [0, 0.1) is 5.82 Å². The fourth-order valence-electron chi connectivity index (χ4n) is 4.76. The van der Waals surface area contributed by atoms with Gasteiger partial charge in [0, 0.05) is 43.2 Å². The number of β-amino-alcohol motifs (C(OH)–C–C–N with tert-alkyl or cyclic N) is 1. The second kappa shape index (κ2) is 9.55. The van der Waals surface area contributed by atoms with Crippen LogP contribution in [0.3, 0.4) is 0 Å². The van der Waals surface area contributed by atoms with Gasteiger partial charge in [0.15, 0.2) is 5.13 Å². The summed E-state index contributed by atoms with van der Waals surface area (Å²) >= 11 is 1.50. The van der Waals surface area contributed by atoms with E-state index >= 15 is 0 Å². The summed E-state index contributed by atoms with van der Waals surface area (Å²) < 4.78 is 40.5. The molecule has 1 aliphatic heterocycles. The minimum atomic E-state index is -3.34. The van der Waals surface area contributed by atoms with Gasteiger partial charge in [0.2, 0.25) is 10.0 Å². The number of anilines is 2. The molecule has 0 spiro atoms. The maximum Gasteiger partial charge on any atom is 0.211 e. The van der Waals surface area contributed by atoms with Crippen molar-refractivity contribution in [3.63, 3.8) is 0 Å². The van der Waals surface area contributed by atoms with Crippen LogP contribution in [0.15, 0.2) is 48.0 Å². The number of piperidine rings is 1. The van der Waals surface area contributed by atoms with Gasteiger partial charge in [-0.3, -0.25) is 4.40 Å². The zero-order chi connectivity index (χ0) is 25.6. The van der Waals surface area contributed by atoms with Crippen molar-refractivity contribution in [3.05, 3.63) is 65.0 Å². The van der Waals surface area contributed by atoms with Crippen LogP contribution in [0.1, 0.15) is 30.5 Å². The van der Waals surface area contributed by atoms with E-state index in [1.165, 1.54) is 34.0 Å². The summed E-state index contributed by atoms with van der Waals surface area (Å²) in [5, 5.41) is 13.5. The van der Waals surface area contributed by atoms with Crippen molar-refractivity contribution in [1.82, 2.24) is 18.7 Å². The lowest BCUT2D eigenvalue weighted by atomic mass is 9.89. The summed E-state index contributed by atoms with van der Waals surface area (Å²) in [6.07, 6.45) is 3.63. The molecular formula is C25H28FN5O3S2. The van der Waals surface area contributed by atoms with Crippen molar-refractivity contribution in [2.24, 2.45) is 0 Å². The highest BCUT2D eigenvalue weighted by Crippen LogP contribution is 2.35. The molecule has 4 aromatic rings. The van der Waals surface area contributed by atoms with E-state index in [4.69, 9.17) is 9.97 Å². The summed E-state index contributed by atoms with van der Waals surface area (Å²) in [5.74, 6) is 0.424. The monoisotopic (exact) mass is 529 g/mol. The van der Waals surface area contributed by atoms with Gasteiger partial charge >= 0.3 is 0 Å². The predicted octanol–water partition coefficient (Wildman–Crippen LogP) is 4.04. The number of sulfonamides is 1. The van der Waals surface area contributed by atoms with E-state index in [0.717, 1.165) is 45.5 Å². The third-order valence-corrected chi connectivity index (χ3v) is 8.89. The van der Waals surface area contributed by atoms with Gasteiger partial charge in [0.1, 0.15) is 17.3 Å². The van der Waals surface area contributed by atoms with Gasteiger partial charge < -0.3 is 10.0 Å². The molecule has 5 rings (SSSR count). The number of benzene rings is 1. The minimum absolute atomic E-state index is 0.0870. The molecule has 1 N–H and O–H groups in total. The zero-order valence-corrected chi connectivity index (χ0v) is 21.9. The molecule has 2 unspecified atom stereocenters. The van der Waals surface area contributed by atoms with Crippen LogP contribution in [0.5, 0.6) is 0 Å². The van der Waals surface area contributed by atoms with Gasteiger partial charge in [-0.2, -0.15) is 4.31 Å². The summed E-state index contributed by atoms with van der Waals surface area (Å²) in [5.41, 5.74) is 4.26. The highest BCUT2D eigenvalue weighted by atomic mass is 32.2. The number of thiazole rings is 1. The van der Waals surface area contributed by atoms with Gasteiger partial charge in [-0.05, 0) is 48.7 Å². The molecule has 3 aromatic heterocycles. The fraction of sp³-hybridized carbons (Fsp3) is 0.360. The first kappa shape index (κ1) is 24.8. The molecule has 0 saturated carbocycles. The molecule has 0 radical (unpaired) electrons. The Balaban J connectivity index is 1.48. The van der Waals surface area contributed by atoms with Crippen LogP contribution >= 0.6 is 11.3 Å². The molecule has 11 heteroatoms. The molecule has 1 aliphatic rings. The number of aryl methyl sites for hydroxylation is 1. The van der Waals surface area contributed by atoms with E-state index in [1.807, 2.05) is 40.1 Å². The number of imidazole rings is 1. The van der Waals surface area contributed by atoms with E-state index in [2.05, 4.69) is 6.92 Å². The molecular weight excluding hydrogens is 501 g/mol. The second-order valence-corrected chi connectivity index (χ2v) is 11.9. The van der Waals surface area contributed by atoms with Gasteiger partial charge in [0.05, 0.1) is 23.7 Å². The van der Waals surface area contributed by atoms with Crippen molar-refractivity contribution in [2.75, 3.05) is 31.3 Å². The van der Waals surface area contributed by atoms with E-state index in [-0.39, 0.29) is 18.3 Å². The Bertz CT molecular complexity index is 1500. The lowest BCUT2D eigenvalue weighted by Gasteiger charge is -2.34. The number of aliphatic hydroxyl groups excluding tert-OH is 1. The molecule has 2 atom stereocenters. The van der Waals surface area contributed by atoms with E-state index in [9.17, 15) is 17.9 Å². The van der Waals surface area contributed by atoms with Crippen molar-refractivity contribution < 1.29 is 17.9 Å². The maximum absolute atomic E-state index is 13.3. The van der Waals surface area contributed by atoms with Gasteiger partial charge in [0.25, 0.3) is 0 Å². The summed E-state index contributed by atoms with van der Waals surface area (Å²) in [7, 11) is -1.39. The second-order valence-electron chi connectivity index (χ2n) is 9.09. The zero-order valence-electron chi connectivity index (χ0n) is 20.3. The van der Waals surface area contributed by atoms with E-state index < -0.39 is 16.1 Å².